The van der Waals surface area contributed by atoms with E-state index in [0.717, 1.165) is 23.8 Å². The lowest BCUT2D eigenvalue weighted by atomic mass is 10.1. The summed E-state index contributed by atoms with van der Waals surface area (Å²) in [4.78, 5) is 2.07. The Morgan fingerprint density at radius 3 is 2.32 bits per heavy atom. The summed E-state index contributed by atoms with van der Waals surface area (Å²) in [6, 6.07) is 15.0. The molecule has 2 nitrogen and oxygen atoms in total. The van der Waals surface area contributed by atoms with Crippen LogP contribution < -0.4 is 5.32 Å². The Balaban J connectivity index is 2.01. The van der Waals surface area contributed by atoms with E-state index in [2.05, 4.69) is 73.5 Å². The fraction of sp³-hybridized carbons (Fsp3) is 0.316. The van der Waals surface area contributed by atoms with E-state index in [0.29, 0.717) is 0 Å². The summed E-state index contributed by atoms with van der Waals surface area (Å²) in [5.74, 6) is 0. The van der Waals surface area contributed by atoms with Crippen LogP contribution in [-0.2, 0) is 13.0 Å². The molecule has 0 amide bonds. The maximum absolute atomic E-state index is 5.52. The molecule has 0 unspecified atom stereocenters. The van der Waals surface area contributed by atoms with Crippen LogP contribution in [0.2, 0.25) is 0 Å². The van der Waals surface area contributed by atoms with Gasteiger partial charge < -0.3 is 10.2 Å². The minimum absolute atomic E-state index is 0.744. The van der Waals surface area contributed by atoms with Gasteiger partial charge in [0.15, 0.2) is 5.11 Å². The first-order valence-corrected chi connectivity index (χ1v) is 8.08. The molecule has 2 rings (SSSR count). The minimum Gasteiger partial charge on any atom is -0.348 e. The second-order valence-corrected chi connectivity index (χ2v) is 6.09. The van der Waals surface area contributed by atoms with Gasteiger partial charge in [0, 0.05) is 19.3 Å². The van der Waals surface area contributed by atoms with Crippen LogP contribution in [0, 0.1) is 13.8 Å². The van der Waals surface area contributed by atoms with Gasteiger partial charge >= 0.3 is 0 Å². The summed E-state index contributed by atoms with van der Waals surface area (Å²) in [6.45, 7) is 7.21. The lowest BCUT2D eigenvalue weighted by Crippen LogP contribution is -2.30. The predicted octanol–water partition coefficient (Wildman–Crippen LogP) is 4.69. The van der Waals surface area contributed by atoms with E-state index in [1.54, 1.807) is 0 Å². The molecule has 0 atom stereocenters. The molecule has 22 heavy (non-hydrogen) atoms. The molecule has 1 N–H and O–H groups in total. The van der Waals surface area contributed by atoms with Crippen molar-refractivity contribution in [2.24, 2.45) is 0 Å². The number of anilines is 1. The predicted molar refractivity (Wildman–Crippen MR) is 99.4 cm³/mol. The van der Waals surface area contributed by atoms with Gasteiger partial charge in [0.1, 0.15) is 0 Å². The van der Waals surface area contributed by atoms with E-state index in [4.69, 9.17) is 12.2 Å². The number of nitrogens with one attached hydrogen (secondary N) is 1. The Kier molecular flexibility index (Phi) is 5.56. The standard InChI is InChI=1S/C19H24N2S/c1-5-16-9-11-17(12-10-16)13-21(4)19(22)20-18-8-6-7-14(2)15(18)3/h6-12H,5,13H2,1-4H3,(H,20,22). The van der Waals surface area contributed by atoms with Gasteiger partial charge in [-0.1, -0.05) is 43.3 Å². The molecule has 0 aromatic heterocycles. The molecule has 0 fully saturated rings. The summed E-state index contributed by atoms with van der Waals surface area (Å²) in [6.07, 6.45) is 1.07. The first-order chi connectivity index (χ1) is 10.5. The Morgan fingerprint density at radius 1 is 1.05 bits per heavy atom. The SMILES string of the molecule is CCc1ccc(CN(C)C(=S)Nc2cccc(C)c2C)cc1. The van der Waals surface area contributed by atoms with E-state index in [9.17, 15) is 0 Å². The summed E-state index contributed by atoms with van der Waals surface area (Å²) >= 11 is 5.52. The second kappa shape index (κ2) is 7.41. The Hall–Kier alpha value is -1.87. The maximum atomic E-state index is 5.52. The van der Waals surface area contributed by atoms with Crippen LogP contribution in [0.3, 0.4) is 0 Å². The normalized spacial score (nSPS) is 10.4. The fourth-order valence-corrected chi connectivity index (χ4v) is 2.50. The van der Waals surface area contributed by atoms with Gasteiger partial charge in [0.05, 0.1) is 0 Å². The third kappa shape index (κ3) is 4.08. The number of aryl methyl sites for hydroxylation is 2. The van der Waals surface area contributed by atoms with Crippen molar-refractivity contribution in [3.63, 3.8) is 0 Å². The van der Waals surface area contributed by atoms with Gasteiger partial charge in [0.2, 0.25) is 0 Å². The van der Waals surface area contributed by atoms with Gasteiger partial charge in [-0.05, 0) is 60.8 Å². The molecule has 0 bridgehead atoms. The number of nitrogens with zero attached hydrogens (tertiary/aromatic N) is 1. The van der Waals surface area contributed by atoms with Crippen molar-refractivity contribution in [1.29, 1.82) is 0 Å². The third-order valence-corrected chi connectivity index (χ3v) is 4.46. The first-order valence-electron chi connectivity index (χ1n) is 7.67. The van der Waals surface area contributed by atoms with Gasteiger partial charge in [0.25, 0.3) is 0 Å². The van der Waals surface area contributed by atoms with E-state index in [1.807, 2.05) is 7.05 Å². The van der Waals surface area contributed by atoms with Gasteiger partial charge in [-0.15, -0.1) is 0 Å². The molecule has 2 aromatic rings. The second-order valence-electron chi connectivity index (χ2n) is 5.70. The van der Waals surface area contributed by atoms with Crippen LogP contribution in [0.1, 0.15) is 29.2 Å². The number of thiocarbonyl (C=S) groups is 1. The molecule has 0 aliphatic carbocycles. The molecule has 0 radical (unpaired) electrons. The van der Waals surface area contributed by atoms with Crippen LogP contribution >= 0.6 is 12.2 Å². The molecule has 0 aliphatic rings. The van der Waals surface area contributed by atoms with Gasteiger partial charge in [-0.3, -0.25) is 0 Å². The third-order valence-electron chi connectivity index (χ3n) is 4.04. The van der Waals surface area contributed by atoms with Crippen molar-refractivity contribution in [2.75, 3.05) is 12.4 Å². The van der Waals surface area contributed by atoms with Crippen molar-refractivity contribution in [3.8, 4) is 0 Å². The number of hydrogen-bond acceptors (Lipinski definition) is 1. The van der Waals surface area contributed by atoms with Crippen molar-refractivity contribution >= 4 is 23.0 Å². The average molecular weight is 312 g/mol. The van der Waals surface area contributed by atoms with Crippen LogP contribution in [0.4, 0.5) is 5.69 Å². The van der Waals surface area contributed by atoms with E-state index >= 15 is 0 Å². The molecule has 116 valence electrons. The lowest BCUT2D eigenvalue weighted by Gasteiger charge is -2.22. The zero-order valence-corrected chi connectivity index (χ0v) is 14.6. The number of hydrogen-bond donors (Lipinski definition) is 1. The van der Waals surface area contributed by atoms with E-state index < -0.39 is 0 Å². The molecule has 3 heteroatoms. The van der Waals surface area contributed by atoms with Gasteiger partial charge in [-0.25, -0.2) is 0 Å². The quantitative estimate of drug-likeness (QED) is 0.824. The average Bonchev–Trinajstić information content (AvgIpc) is 2.52. The highest BCUT2D eigenvalue weighted by Gasteiger charge is 2.08. The summed E-state index contributed by atoms with van der Waals surface area (Å²) in [5, 5.41) is 4.09. The Labute approximate surface area is 139 Å². The first kappa shape index (κ1) is 16.5. The van der Waals surface area contributed by atoms with Crippen molar-refractivity contribution in [2.45, 2.75) is 33.7 Å². The summed E-state index contributed by atoms with van der Waals surface area (Å²) in [7, 11) is 2.02. The summed E-state index contributed by atoms with van der Waals surface area (Å²) in [5.41, 5.74) is 6.22. The zero-order chi connectivity index (χ0) is 16.1. The van der Waals surface area contributed by atoms with Crippen molar-refractivity contribution in [1.82, 2.24) is 4.90 Å². The molecular weight excluding hydrogens is 288 g/mol. The highest BCUT2D eigenvalue weighted by atomic mass is 32.1. The Bertz CT molecular complexity index is 647. The number of benzene rings is 2. The zero-order valence-electron chi connectivity index (χ0n) is 13.8. The largest absolute Gasteiger partial charge is 0.348 e. The molecule has 0 heterocycles. The highest BCUT2D eigenvalue weighted by Crippen LogP contribution is 2.18. The van der Waals surface area contributed by atoms with Crippen LogP contribution in [0.15, 0.2) is 42.5 Å². The minimum atomic E-state index is 0.744. The molecule has 0 saturated carbocycles. The Morgan fingerprint density at radius 2 is 1.68 bits per heavy atom. The highest BCUT2D eigenvalue weighted by molar-refractivity contribution is 7.80. The summed E-state index contributed by atoms with van der Waals surface area (Å²) < 4.78 is 0. The molecule has 0 saturated heterocycles. The van der Waals surface area contributed by atoms with Gasteiger partial charge in [-0.2, -0.15) is 0 Å². The fourth-order valence-electron chi connectivity index (χ4n) is 2.32. The smallest absolute Gasteiger partial charge is 0.173 e. The molecule has 2 aromatic carbocycles. The van der Waals surface area contributed by atoms with Crippen LogP contribution in [-0.4, -0.2) is 17.1 Å². The van der Waals surface area contributed by atoms with Crippen molar-refractivity contribution in [3.05, 3.63) is 64.7 Å². The number of rotatable bonds is 4. The van der Waals surface area contributed by atoms with Crippen LogP contribution in [0.25, 0.3) is 0 Å². The molecular formula is C19H24N2S. The van der Waals surface area contributed by atoms with Crippen molar-refractivity contribution < 1.29 is 0 Å². The lowest BCUT2D eigenvalue weighted by molar-refractivity contribution is 0.508. The van der Waals surface area contributed by atoms with E-state index in [-0.39, 0.29) is 0 Å². The topological polar surface area (TPSA) is 15.3 Å². The monoisotopic (exact) mass is 312 g/mol. The van der Waals surface area contributed by atoms with Crippen LogP contribution in [0.5, 0.6) is 0 Å². The molecule has 0 spiro atoms. The van der Waals surface area contributed by atoms with E-state index in [1.165, 1.54) is 22.3 Å². The molecule has 0 aliphatic heterocycles. The maximum Gasteiger partial charge on any atom is 0.173 e.